The Hall–Kier alpha value is -3.83. The number of imidazole rings is 1. The van der Waals surface area contributed by atoms with E-state index in [-0.39, 0.29) is 17.5 Å². The number of fused-ring (bicyclic) bond motifs is 1. The number of pyridine rings is 1. The van der Waals surface area contributed by atoms with Crippen LogP contribution in [0.2, 0.25) is 0 Å². The summed E-state index contributed by atoms with van der Waals surface area (Å²) >= 11 is 0. The van der Waals surface area contributed by atoms with Gasteiger partial charge in [-0.15, -0.1) is 0 Å². The first-order chi connectivity index (χ1) is 13.8. The molecule has 0 saturated heterocycles. The van der Waals surface area contributed by atoms with Gasteiger partial charge in [0.2, 0.25) is 5.82 Å². The standard InChI is InChI=1S/C21H17FN6O/c1-21(29,14-6-4-10-24-12-14)9-8-16-25-18(23)17-20(26-16)28(2)19(27-17)13-5-3-7-15(22)11-13/h3-7,10-12,29H,1-2H3,(H2,23,25,26). The second kappa shape index (κ2) is 6.96. The summed E-state index contributed by atoms with van der Waals surface area (Å²) in [6.07, 6.45) is 3.16. The molecule has 29 heavy (non-hydrogen) atoms. The highest BCUT2D eigenvalue weighted by molar-refractivity contribution is 5.85. The van der Waals surface area contributed by atoms with Crippen molar-refractivity contribution in [2.24, 2.45) is 7.05 Å². The molecule has 3 aromatic heterocycles. The fourth-order valence-corrected chi connectivity index (χ4v) is 2.92. The van der Waals surface area contributed by atoms with Gasteiger partial charge in [-0.2, -0.15) is 0 Å². The first kappa shape index (κ1) is 18.5. The third-order valence-electron chi connectivity index (χ3n) is 4.47. The molecule has 7 nitrogen and oxygen atoms in total. The number of rotatable bonds is 2. The molecule has 144 valence electrons. The van der Waals surface area contributed by atoms with Gasteiger partial charge in [-0.3, -0.25) is 4.98 Å². The molecule has 1 unspecified atom stereocenters. The van der Waals surface area contributed by atoms with E-state index in [0.29, 0.717) is 28.1 Å². The molecule has 0 spiro atoms. The quantitative estimate of drug-likeness (QED) is 0.511. The van der Waals surface area contributed by atoms with E-state index in [4.69, 9.17) is 5.73 Å². The summed E-state index contributed by atoms with van der Waals surface area (Å²) in [5.74, 6) is 5.97. The minimum atomic E-state index is -1.43. The van der Waals surface area contributed by atoms with E-state index < -0.39 is 5.60 Å². The second-order valence-corrected chi connectivity index (χ2v) is 6.67. The van der Waals surface area contributed by atoms with E-state index in [1.807, 2.05) is 0 Å². The molecule has 4 rings (SSSR count). The second-order valence-electron chi connectivity index (χ2n) is 6.67. The molecule has 0 fully saturated rings. The topological polar surface area (TPSA) is 103 Å². The lowest BCUT2D eigenvalue weighted by Gasteiger charge is -2.15. The summed E-state index contributed by atoms with van der Waals surface area (Å²) in [5, 5.41) is 10.6. The van der Waals surface area contributed by atoms with Gasteiger partial charge in [-0.1, -0.05) is 24.1 Å². The molecule has 1 atom stereocenters. The first-order valence-electron chi connectivity index (χ1n) is 8.77. The van der Waals surface area contributed by atoms with Gasteiger partial charge >= 0.3 is 0 Å². The lowest BCUT2D eigenvalue weighted by atomic mass is 9.99. The number of nitrogens with two attached hydrogens (primary N) is 1. The maximum atomic E-state index is 13.6. The smallest absolute Gasteiger partial charge is 0.209 e. The molecular weight excluding hydrogens is 371 g/mol. The maximum Gasteiger partial charge on any atom is 0.209 e. The van der Waals surface area contributed by atoms with Crippen molar-refractivity contribution in [2.45, 2.75) is 12.5 Å². The Morgan fingerprint density at radius 1 is 1.17 bits per heavy atom. The molecule has 0 amide bonds. The Bertz CT molecular complexity index is 1270. The fourth-order valence-electron chi connectivity index (χ4n) is 2.92. The van der Waals surface area contributed by atoms with E-state index in [2.05, 4.69) is 31.8 Å². The van der Waals surface area contributed by atoms with E-state index in [0.717, 1.165) is 0 Å². The molecule has 4 aromatic rings. The van der Waals surface area contributed by atoms with Crippen LogP contribution in [0.15, 0.2) is 48.8 Å². The average molecular weight is 388 g/mol. The molecule has 0 aliphatic carbocycles. The van der Waals surface area contributed by atoms with E-state index in [1.54, 1.807) is 55.2 Å². The molecule has 1 aromatic carbocycles. The van der Waals surface area contributed by atoms with Crippen LogP contribution in [0.4, 0.5) is 10.2 Å². The number of nitrogens with zero attached hydrogens (tertiary/aromatic N) is 5. The van der Waals surface area contributed by atoms with Crippen LogP contribution >= 0.6 is 0 Å². The van der Waals surface area contributed by atoms with Crippen molar-refractivity contribution in [1.29, 1.82) is 0 Å². The van der Waals surface area contributed by atoms with Gasteiger partial charge < -0.3 is 15.4 Å². The van der Waals surface area contributed by atoms with Crippen LogP contribution in [0.1, 0.15) is 18.3 Å². The highest BCUT2D eigenvalue weighted by Crippen LogP contribution is 2.25. The van der Waals surface area contributed by atoms with Gasteiger partial charge in [0.25, 0.3) is 0 Å². The van der Waals surface area contributed by atoms with Crippen LogP contribution in [0.3, 0.4) is 0 Å². The van der Waals surface area contributed by atoms with Gasteiger partial charge in [-0.25, -0.2) is 19.3 Å². The van der Waals surface area contributed by atoms with Crippen LogP contribution in [0.25, 0.3) is 22.6 Å². The Labute approximate surface area is 166 Å². The predicted molar refractivity (Wildman–Crippen MR) is 107 cm³/mol. The SMILES string of the molecule is Cn1c(-c2cccc(F)c2)nc2c(N)nc(C#CC(C)(O)c3cccnc3)nc21. The van der Waals surface area contributed by atoms with Crippen LogP contribution < -0.4 is 5.73 Å². The lowest BCUT2D eigenvalue weighted by molar-refractivity contribution is 0.122. The number of aryl methyl sites for hydroxylation is 1. The summed E-state index contributed by atoms with van der Waals surface area (Å²) in [7, 11) is 1.75. The van der Waals surface area contributed by atoms with Gasteiger partial charge in [-0.05, 0) is 31.0 Å². The van der Waals surface area contributed by atoms with Crippen molar-refractivity contribution in [1.82, 2.24) is 24.5 Å². The summed E-state index contributed by atoms with van der Waals surface area (Å²) < 4.78 is 15.3. The summed E-state index contributed by atoms with van der Waals surface area (Å²) in [5.41, 5.74) is 6.63. The van der Waals surface area contributed by atoms with Crippen molar-refractivity contribution in [2.75, 3.05) is 5.73 Å². The third kappa shape index (κ3) is 3.51. The zero-order valence-corrected chi connectivity index (χ0v) is 15.8. The zero-order chi connectivity index (χ0) is 20.6. The number of benzene rings is 1. The summed E-state index contributed by atoms with van der Waals surface area (Å²) in [6.45, 7) is 1.56. The number of aromatic nitrogens is 5. The van der Waals surface area contributed by atoms with E-state index in [1.165, 1.54) is 12.1 Å². The Morgan fingerprint density at radius 2 is 2.00 bits per heavy atom. The first-order valence-corrected chi connectivity index (χ1v) is 8.77. The maximum absolute atomic E-state index is 13.6. The summed E-state index contributed by atoms with van der Waals surface area (Å²) in [4.78, 5) is 17.1. The molecule has 0 aliphatic heterocycles. The molecule has 3 N–H and O–H groups in total. The van der Waals surface area contributed by atoms with Gasteiger partial charge in [0, 0.05) is 30.6 Å². The van der Waals surface area contributed by atoms with Crippen molar-refractivity contribution < 1.29 is 9.50 Å². The monoisotopic (exact) mass is 388 g/mol. The van der Waals surface area contributed by atoms with E-state index >= 15 is 0 Å². The summed E-state index contributed by atoms with van der Waals surface area (Å²) in [6, 6.07) is 9.55. The third-order valence-corrected chi connectivity index (χ3v) is 4.47. The van der Waals surface area contributed by atoms with Crippen molar-refractivity contribution in [3.63, 3.8) is 0 Å². The van der Waals surface area contributed by atoms with Crippen molar-refractivity contribution >= 4 is 17.0 Å². The highest BCUT2D eigenvalue weighted by Gasteiger charge is 2.20. The molecule has 3 heterocycles. The number of halogens is 1. The molecule has 0 aliphatic rings. The molecular formula is C21H17FN6O. The highest BCUT2D eigenvalue weighted by atomic mass is 19.1. The predicted octanol–water partition coefficient (Wildman–Crippen LogP) is 2.41. The molecule has 0 saturated carbocycles. The van der Waals surface area contributed by atoms with Gasteiger partial charge in [0.1, 0.15) is 17.2 Å². The number of hydrogen-bond donors (Lipinski definition) is 2. The number of nitrogen functional groups attached to an aromatic ring is 1. The van der Waals surface area contributed by atoms with Crippen molar-refractivity contribution in [3.05, 3.63) is 66.0 Å². The van der Waals surface area contributed by atoms with Gasteiger partial charge in [0.05, 0.1) is 0 Å². The molecule has 0 radical (unpaired) electrons. The van der Waals surface area contributed by atoms with Crippen molar-refractivity contribution in [3.8, 4) is 23.2 Å². The van der Waals surface area contributed by atoms with Gasteiger partial charge in [0.15, 0.2) is 17.0 Å². The lowest BCUT2D eigenvalue weighted by Crippen LogP contribution is -2.18. The Morgan fingerprint density at radius 3 is 2.72 bits per heavy atom. The van der Waals surface area contributed by atoms with Crippen LogP contribution in [0.5, 0.6) is 0 Å². The largest absolute Gasteiger partial charge is 0.382 e. The van der Waals surface area contributed by atoms with Crippen LogP contribution in [-0.4, -0.2) is 29.6 Å². The fraction of sp³-hybridized carbons (Fsp3) is 0.143. The Balaban J connectivity index is 1.78. The van der Waals surface area contributed by atoms with Crippen LogP contribution in [0, 0.1) is 17.7 Å². The number of aliphatic hydroxyl groups is 1. The minimum absolute atomic E-state index is 0.146. The normalized spacial score (nSPS) is 13.0. The number of anilines is 1. The van der Waals surface area contributed by atoms with Crippen LogP contribution in [-0.2, 0) is 12.6 Å². The average Bonchev–Trinajstić information content (AvgIpc) is 3.05. The molecule has 0 bridgehead atoms. The Kier molecular flexibility index (Phi) is 4.45. The zero-order valence-electron chi connectivity index (χ0n) is 15.8. The van der Waals surface area contributed by atoms with E-state index in [9.17, 15) is 9.50 Å². The number of hydrogen-bond acceptors (Lipinski definition) is 6. The molecule has 8 heteroatoms. The minimum Gasteiger partial charge on any atom is -0.382 e.